The number of carbonyl (C=O) groups excluding carboxylic acids is 2. The van der Waals surface area contributed by atoms with Gasteiger partial charge >= 0.3 is 11.9 Å². The third-order valence-electron chi connectivity index (χ3n) is 5.66. The Morgan fingerprint density at radius 1 is 0.596 bits per heavy atom. The Labute approximate surface area is 288 Å². The van der Waals surface area contributed by atoms with Gasteiger partial charge in [0.1, 0.15) is 13.2 Å². The van der Waals surface area contributed by atoms with Gasteiger partial charge in [0.05, 0.1) is 0 Å². The van der Waals surface area contributed by atoms with Gasteiger partial charge in [-0.2, -0.15) is 0 Å². The van der Waals surface area contributed by atoms with Crippen LogP contribution in [0.2, 0.25) is 0 Å². The van der Waals surface area contributed by atoms with Crippen LogP contribution in [-0.2, 0) is 31.9 Å². The van der Waals surface area contributed by atoms with Gasteiger partial charge in [-0.15, -0.1) is 19.7 Å². The van der Waals surface area contributed by atoms with Crippen LogP contribution >= 0.6 is 0 Å². The Kier molecular flexibility index (Phi) is 39.6. The maximum Gasteiger partial charge on any atom is 0.302 e. The van der Waals surface area contributed by atoms with E-state index in [9.17, 15) is 9.59 Å². The molecule has 0 spiro atoms. The minimum absolute atomic E-state index is 0. The normalized spacial score (nSPS) is 11.7. The summed E-state index contributed by atoms with van der Waals surface area (Å²) in [6.07, 6.45) is 32.3. The summed E-state index contributed by atoms with van der Waals surface area (Å²) in [5.41, 5.74) is 2.58. The third kappa shape index (κ3) is 41.6. The minimum atomic E-state index is -0.241. The molecule has 4 heteroatoms. The van der Waals surface area contributed by atoms with Gasteiger partial charge in [0.2, 0.25) is 0 Å². The van der Waals surface area contributed by atoms with Crippen LogP contribution < -0.4 is 0 Å². The van der Waals surface area contributed by atoms with Crippen molar-refractivity contribution in [2.45, 2.75) is 86.0 Å². The molecule has 4 nitrogen and oxygen atoms in total. The van der Waals surface area contributed by atoms with E-state index in [1.165, 1.54) is 50.7 Å². The standard InChI is InChI=1S/C12H14O2.C9H10.C8H12.C7H12O2.C6H10.CH4/c1-11(13)14-10-6-5-9-12-7-3-2-4-8-12;1-2-6-9-7-4-3-5-8-9;1-2-4-6-8-7-5-3-1;1-3-4-5-6-9-7(2)8;1-3-5-6-4-2;/h2-8H,9-10H2,1H3;2-5,7-8H,1,6H2;1-2,7-8H,3-6H2;4-5H,3,6H2,1-2H3;3-4H,1-2,5-6H2;1H4/b;;2-1-,8-7?;5-4-;;. The number of unbranched alkanes of at least 4 members (excludes halogenated alkanes) is 1. The van der Waals surface area contributed by atoms with E-state index in [2.05, 4.69) is 73.0 Å². The topological polar surface area (TPSA) is 52.6 Å². The predicted octanol–water partition coefficient (Wildman–Crippen LogP) is 11.7. The van der Waals surface area contributed by atoms with E-state index in [1.54, 1.807) is 0 Å². The molecular formula is C43H62O4. The molecule has 47 heavy (non-hydrogen) atoms. The fourth-order valence-electron chi connectivity index (χ4n) is 3.34. The lowest BCUT2D eigenvalue weighted by Gasteiger charge is -1.96. The van der Waals surface area contributed by atoms with Gasteiger partial charge in [-0.3, -0.25) is 9.59 Å². The van der Waals surface area contributed by atoms with Crippen molar-refractivity contribution >= 4 is 11.9 Å². The van der Waals surface area contributed by atoms with Crippen LogP contribution in [0, 0.1) is 0 Å². The van der Waals surface area contributed by atoms with Gasteiger partial charge in [-0.1, -0.05) is 142 Å². The van der Waals surface area contributed by atoms with E-state index in [1.807, 2.05) is 85.9 Å². The first-order valence-corrected chi connectivity index (χ1v) is 16.2. The molecule has 2 aromatic carbocycles. The minimum Gasteiger partial charge on any atom is -0.462 e. The smallest absolute Gasteiger partial charge is 0.302 e. The van der Waals surface area contributed by atoms with Crippen molar-refractivity contribution in [2.75, 3.05) is 13.2 Å². The maximum atomic E-state index is 10.4. The molecule has 1 aliphatic rings. The van der Waals surface area contributed by atoms with E-state index >= 15 is 0 Å². The van der Waals surface area contributed by atoms with E-state index in [-0.39, 0.29) is 19.4 Å². The average molecular weight is 643 g/mol. The van der Waals surface area contributed by atoms with E-state index < -0.39 is 0 Å². The highest BCUT2D eigenvalue weighted by Crippen LogP contribution is 2.02. The first-order valence-electron chi connectivity index (χ1n) is 16.2. The SMILES string of the molecule is C.C1=CCC/C=C\CC1.C=CCCC=C.C=CCc1ccccc1.CC(=O)OCC=CCc1ccccc1.CC/C=C\COC(C)=O. The fraction of sp³-hybridized carbons (Fsp3) is 0.349. The van der Waals surface area contributed by atoms with Gasteiger partial charge in [-0.05, 0) is 68.9 Å². The Bertz CT molecular complexity index is 1090. The summed E-state index contributed by atoms with van der Waals surface area (Å²) in [6, 6.07) is 20.4. The molecular weight excluding hydrogens is 580 g/mol. The summed E-state index contributed by atoms with van der Waals surface area (Å²) in [5.74, 6) is -0.467. The maximum absolute atomic E-state index is 10.4. The predicted molar refractivity (Wildman–Crippen MR) is 205 cm³/mol. The second kappa shape index (κ2) is 39.6. The Balaban J connectivity index is -0.000000527. The highest BCUT2D eigenvalue weighted by Gasteiger charge is 1.88. The molecule has 0 fully saturated rings. The number of hydrogen-bond donors (Lipinski definition) is 0. The van der Waals surface area contributed by atoms with E-state index in [4.69, 9.17) is 4.74 Å². The summed E-state index contributed by atoms with van der Waals surface area (Å²) in [6.45, 7) is 16.4. The monoisotopic (exact) mass is 642 g/mol. The third-order valence-corrected chi connectivity index (χ3v) is 5.66. The number of benzene rings is 2. The lowest BCUT2D eigenvalue weighted by Crippen LogP contribution is -1.97. The van der Waals surface area contributed by atoms with Crippen molar-refractivity contribution in [1.82, 2.24) is 0 Å². The van der Waals surface area contributed by atoms with Gasteiger partial charge in [0, 0.05) is 13.8 Å². The van der Waals surface area contributed by atoms with Crippen LogP contribution in [0.5, 0.6) is 0 Å². The van der Waals surface area contributed by atoms with Gasteiger partial charge < -0.3 is 9.47 Å². The molecule has 258 valence electrons. The molecule has 1 aliphatic carbocycles. The average Bonchev–Trinajstić information content (AvgIpc) is 3.04. The van der Waals surface area contributed by atoms with E-state index in [0.29, 0.717) is 13.2 Å². The molecule has 0 atom stereocenters. The van der Waals surface area contributed by atoms with Crippen LogP contribution in [0.15, 0.2) is 147 Å². The summed E-state index contributed by atoms with van der Waals surface area (Å²) < 4.78 is 9.37. The van der Waals surface area contributed by atoms with Gasteiger partial charge in [0.15, 0.2) is 0 Å². The van der Waals surface area contributed by atoms with Crippen molar-refractivity contribution in [3.63, 3.8) is 0 Å². The fourth-order valence-corrected chi connectivity index (χ4v) is 3.34. The molecule has 3 rings (SSSR count). The molecule has 0 aliphatic heterocycles. The van der Waals surface area contributed by atoms with Crippen molar-refractivity contribution in [3.05, 3.63) is 158 Å². The van der Waals surface area contributed by atoms with E-state index in [0.717, 1.165) is 32.1 Å². The number of allylic oxidation sites excluding steroid dienone is 9. The lowest BCUT2D eigenvalue weighted by molar-refractivity contribution is -0.140. The Morgan fingerprint density at radius 2 is 0.979 bits per heavy atom. The summed E-state index contributed by atoms with van der Waals surface area (Å²) in [5, 5.41) is 0. The second-order valence-corrected chi connectivity index (χ2v) is 9.88. The van der Waals surface area contributed by atoms with Crippen LogP contribution in [-0.4, -0.2) is 25.2 Å². The Hall–Kier alpha value is -4.44. The summed E-state index contributed by atoms with van der Waals surface area (Å²) in [7, 11) is 0. The highest BCUT2D eigenvalue weighted by atomic mass is 16.5. The van der Waals surface area contributed by atoms with Crippen molar-refractivity contribution in [2.24, 2.45) is 0 Å². The number of esters is 2. The van der Waals surface area contributed by atoms with Crippen LogP contribution in [0.1, 0.15) is 84.3 Å². The van der Waals surface area contributed by atoms with Crippen LogP contribution in [0.25, 0.3) is 0 Å². The Morgan fingerprint density at radius 3 is 1.32 bits per heavy atom. The molecule has 0 aromatic heterocycles. The zero-order chi connectivity index (χ0) is 34.4. The zero-order valence-corrected chi connectivity index (χ0v) is 28.7. The second-order valence-electron chi connectivity index (χ2n) is 9.88. The van der Waals surface area contributed by atoms with Crippen molar-refractivity contribution in [3.8, 4) is 0 Å². The van der Waals surface area contributed by atoms with Crippen LogP contribution in [0.4, 0.5) is 0 Å². The molecule has 2 aromatic rings. The molecule has 0 amide bonds. The number of rotatable bonds is 12. The van der Waals surface area contributed by atoms with Crippen molar-refractivity contribution < 1.29 is 19.1 Å². The molecule has 0 saturated carbocycles. The number of hydrogen-bond acceptors (Lipinski definition) is 4. The lowest BCUT2D eigenvalue weighted by atomic mass is 10.1. The molecule has 0 unspecified atom stereocenters. The number of carbonyl (C=O) groups is 2. The largest absolute Gasteiger partial charge is 0.462 e. The molecule has 0 saturated heterocycles. The van der Waals surface area contributed by atoms with Crippen molar-refractivity contribution in [1.29, 1.82) is 0 Å². The zero-order valence-electron chi connectivity index (χ0n) is 28.7. The first kappa shape index (κ1) is 47.0. The molecule has 0 radical (unpaired) electrons. The quantitative estimate of drug-likeness (QED) is 0.131. The van der Waals surface area contributed by atoms with Gasteiger partial charge in [0.25, 0.3) is 0 Å². The first-order chi connectivity index (χ1) is 22.4. The summed E-state index contributed by atoms with van der Waals surface area (Å²) in [4.78, 5) is 20.6. The van der Waals surface area contributed by atoms with Crippen LogP contribution in [0.3, 0.4) is 0 Å². The summed E-state index contributed by atoms with van der Waals surface area (Å²) >= 11 is 0. The molecule has 0 N–H and O–H groups in total. The molecule has 0 heterocycles. The van der Waals surface area contributed by atoms with Gasteiger partial charge in [-0.25, -0.2) is 0 Å². The molecule has 0 bridgehead atoms. The number of ether oxygens (including phenoxy) is 2. The highest BCUT2D eigenvalue weighted by molar-refractivity contribution is 5.66.